The van der Waals surface area contributed by atoms with Crippen LogP contribution in [0.15, 0.2) is 48.5 Å². The molecule has 0 aliphatic heterocycles. The number of carbonyl (C=O) groups excluding carboxylic acids is 1. The van der Waals surface area contributed by atoms with Crippen LogP contribution in [0.1, 0.15) is 27.4 Å². The normalized spacial score (nSPS) is 10.5. The smallest absolute Gasteiger partial charge is 0.274 e. The number of aryl methyl sites for hydroxylation is 3. The van der Waals surface area contributed by atoms with Crippen LogP contribution in [-0.2, 0) is 0 Å². The lowest BCUT2D eigenvalue weighted by Gasteiger charge is -2.11. The molecule has 0 unspecified atom stereocenters. The van der Waals surface area contributed by atoms with Gasteiger partial charge in [0.25, 0.3) is 5.91 Å². The number of hydrogen-bond donors (Lipinski definition) is 2. The summed E-state index contributed by atoms with van der Waals surface area (Å²) in [5.41, 5.74) is 3.48. The van der Waals surface area contributed by atoms with Gasteiger partial charge in [0.2, 0.25) is 0 Å². The van der Waals surface area contributed by atoms with Gasteiger partial charge in [0, 0.05) is 11.8 Å². The van der Waals surface area contributed by atoms with E-state index in [0.29, 0.717) is 11.6 Å². The molecular weight excluding hydrogens is 331 g/mol. The van der Waals surface area contributed by atoms with Crippen molar-refractivity contribution in [2.75, 3.05) is 10.6 Å². The molecular formula is C20H19FN4O. The first kappa shape index (κ1) is 17.5. The number of aromatic nitrogens is 2. The minimum atomic E-state index is -0.500. The molecule has 1 aromatic heterocycles. The van der Waals surface area contributed by atoms with E-state index in [0.717, 1.165) is 11.3 Å². The van der Waals surface area contributed by atoms with Gasteiger partial charge < -0.3 is 10.6 Å². The zero-order valence-corrected chi connectivity index (χ0v) is 14.8. The summed E-state index contributed by atoms with van der Waals surface area (Å²) in [6.45, 7) is 5.77. The topological polar surface area (TPSA) is 66.9 Å². The van der Waals surface area contributed by atoms with Crippen molar-refractivity contribution in [3.05, 3.63) is 77.0 Å². The standard InChI is InChI=1S/C20H19FN4O/c1-12-8-9-15(10-13(12)2)24-19-11-18(22-14(3)23-19)20(26)25-17-7-5-4-6-16(17)21/h4-11H,1-3H3,(H,25,26)(H,22,23,24). The van der Waals surface area contributed by atoms with Gasteiger partial charge in [0.05, 0.1) is 5.69 Å². The van der Waals surface area contributed by atoms with Crippen LogP contribution in [0.25, 0.3) is 0 Å². The SMILES string of the molecule is Cc1nc(Nc2ccc(C)c(C)c2)cc(C(=O)Nc2ccccc2F)n1. The van der Waals surface area contributed by atoms with Gasteiger partial charge in [-0.1, -0.05) is 18.2 Å². The number of para-hydroxylation sites is 1. The average Bonchev–Trinajstić information content (AvgIpc) is 2.59. The summed E-state index contributed by atoms with van der Waals surface area (Å²) >= 11 is 0. The van der Waals surface area contributed by atoms with Gasteiger partial charge in [-0.25, -0.2) is 14.4 Å². The molecule has 5 nitrogen and oxygen atoms in total. The summed E-state index contributed by atoms with van der Waals surface area (Å²) in [7, 11) is 0. The molecule has 0 bridgehead atoms. The molecule has 0 fully saturated rings. The first-order valence-corrected chi connectivity index (χ1v) is 8.18. The second kappa shape index (κ2) is 7.31. The Morgan fingerprint density at radius 3 is 2.46 bits per heavy atom. The predicted molar refractivity (Wildman–Crippen MR) is 100 cm³/mol. The van der Waals surface area contributed by atoms with E-state index < -0.39 is 11.7 Å². The third-order valence-electron chi connectivity index (χ3n) is 3.97. The van der Waals surface area contributed by atoms with E-state index >= 15 is 0 Å². The highest BCUT2D eigenvalue weighted by Gasteiger charge is 2.13. The van der Waals surface area contributed by atoms with Crippen LogP contribution in [-0.4, -0.2) is 15.9 Å². The molecule has 2 aromatic carbocycles. The van der Waals surface area contributed by atoms with Gasteiger partial charge in [-0.2, -0.15) is 0 Å². The number of halogens is 1. The third-order valence-corrected chi connectivity index (χ3v) is 3.97. The monoisotopic (exact) mass is 350 g/mol. The van der Waals surface area contributed by atoms with Gasteiger partial charge in [0.1, 0.15) is 23.2 Å². The van der Waals surface area contributed by atoms with Crippen LogP contribution in [0.4, 0.5) is 21.6 Å². The highest BCUT2D eigenvalue weighted by molar-refractivity contribution is 6.03. The number of amides is 1. The van der Waals surface area contributed by atoms with Gasteiger partial charge in [-0.15, -0.1) is 0 Å². The highest BCUT2D eigenvalue weighted by Crippen LogP contribution is 2.20. The summed E-state index contributed by atoms with van der Waals surface area (Å²) in [6.07, 6.45) is 0. The molecule has 6 heteroatoms. The molecule has 1 heterocycles. The summed E-state index contributed by atoms with van der Waals surface area (Å²) in [5, 5.41) is 5.71. The van der Waals surface area contributed by atoms with E-state index in [4.69, 9.17) is 0 Å². The number of nitrogens with one attached hydrogen (secondary N) is 2. The quantitative estimate of drug-likeness (QED) is 0.725. The fourth-order valence-corrected chi connectivity index (χ4v) is 2.46. The Morgan fingerprint density at radius 1 is 0.962 bits per heavy atom. The lowest BCUT2D eigenvalue weighted by atomic mass is 10.1. The fraction of sp³-hybridized carbons (Fsp3) is 0.150. The highest BCUT2D eigenvalue weighted by atomic mass is 19.1. The maximum atomic E-state index is 13.7. The average molecular weight is 350 g/mol. The van der Waals surface area contributed by atoms with Crippen LogP contribution < -0.4 is 10.6 Å². The van der Waals surface area contributed by atoms with Crippen molar-refractivity contribution in [1.82, 2.24) is 9.97 Å². The van der Waals surface area contributed by atoms with Gasteiger partial charge >= 0.3 is 0 Å². The molecule has 26 heavy (non-hydrogen) atoms. The number of benzene rings is 2. The van der Waals surface area contributed by atoms with Gasteiger partial charge in [0.15, 0.2) is 0 Å². The number of anilines is 3. The molecule has 0 saturated heterocycles. The van der Waals surface area contributed by atoms with Crippen molar-refractivity contribution < 1.29 is 9.18 Å². The Hall–Kier alpha value is -3.28. The van der Waals surface area contributed by atoms with Crippen LogP contribution in [0.5, 0.6) is 0 Å². The maximum absolute atomic E-state index is 13.7. The van der Waals surface area contributed by atoms with Gasteiger partial charge in [-0.05, 0) is 56.2 Å². The van der Waals surface area contributed by atoms with E-state index in [1.807, 2.05) is 32.0 Å². The first-order chi connectivity index (χ1) is 12.4. The van der Waals surface area contributed by atoms with Crippen molar-refractivity contribution in [2.24, 2.45) is 0 Å². The molecule has 0 spiro atoms. The molecule has 3 rings (SSSR count). The van der Waals surface area contributed by atoms with Crippen molar-refractivity contribution in [2.45, 2.75) is 20.8 Å². The number of carbonyl (C=O) groups is 1. The minimum absolute atomic E-state index is 0.109. The number of nitrogens with zero attached hydrogens (tertiary/aromatic N) is 2. The maximum Gasteiger partial charge on any atom is 0.274 e. The summed E-state index contributed by atoms with van der Waals surface area (Å²) < 4.78 is 13.7. The Kier molecular flexibility index (Phi) is 4.93. The summed E-state index contributed by atoms with van der Waals surface area (Å²) in [4.78, 5) is 20.9. The number of hydrogen-bond acceptors (Lipinski definition) is 4. The molecule has 0 atom stereocenters. The lowest BCUT2D eigenvalue weighted by molar-refractivity contribution is 0.102. The molecule has 132 valence electrons. The Labute approximate surface area is 151 Å². The summed E-state index contributed by atoms with van der Waals surface area (Å²) in [5.74, 6) is -0.0548. The molecule has 0 aliphatic rings. The zero-order valence-electron chi connectivity index (χ0n) is 14.8. The third kappa shape index (κ3) is 4.03. The van der Waals surface area contributed by atoms with Crippen LogP contribution in [0.3, 0.4) is 0 Å². The zero-order chi connectivity index (χ0) is 18.7. The largest absolute Gasteiger partial charge is 0.340 e. The first-order valence-electron chi connectivity index (χ1n) is 8.18. The molecule has 0 radical (unpaired) electrons. The molecule has 1 amide bonds. The van der Waals surface area contributed by atoms with Crippen molar-refractivity contribution >= 4 is 23.1 Å². The van der Waals surface area contributed by atoms with Crippen molar-refractivity contribution in [3.63, 3.8) is 0 Å². The van der Waals surface area contributed by atoms with Crippen molar-refractivity contribution in [3.8, 4) is 0 Å². The molecule has 3 aromatic rings. The Bertz CT molecular complexity index is 972. The molecule has 0 saturated carbocycles. The van der Waals surface area contributed by atoms with Crippen LogP contribution in [0, 0.1) is 26.6 Å². The van der Waals surface area contributed by atoms with E-state index in [-0.39, 0.29) is 11.4 Å². The minimum Gasteiger partial charge on any atom is -0.340 e. The van der Waals surface area contributed by atoms with E-state index in [2.05, 4.69) is 20.6 Å². The van der Waals surface area contributed by atoms with Crippen LogP contribution in [0.2, 0.25) is 0 Å². The van der Waals surface area contributed by atoms with Crippen LogP contribution >= 0.6 is 0 Å². The van der Waals surface area contributed by atoms with E-state index in [9.17, 15) is 9.18 Å². The lowest BCUT2D eigenvalue weighted by Crippen LogP contribution is -2.16. The Balaban J connectivity index is 1.84. The number of rotatable bonds is 4. The summed E-state index contributed by atoms with van der Waals surface area (Å²) in [6, 6.07) is 13.5. The van der Waals surface area contributed by atoms with Gasteiger partial charge in [-0.3, -0.25) is 4.79 Å². The fourth-order valence-electron chi connectivity index (χ4n) is 2.46. The second-order valence-corrected chi connectivity index (χ2v) is 6.04. The molecule has 2 N–H and O–H groups in total. The second-order valence-electron chi connectivity index (χ2n) is 6.04. The molecule has 0 aliphatic carbocycles. The van der Waals surface area contributed by atoms with E-state index in [1.54, 1.807) is 25.1 Å². The Morgan fingerprint density at radius 2 is 1.73 bits per heavy atom. The van der Waals surface area contributed by atoms with Crippen molar-refractivity contribution in [1.29, 1.82) is 0 Å². The predicted octanol–water partition coefficient (Wildman–Crippen LogP) is 4.54. The van der Waals surface area contributed by atoms with E-state index in [1.165, 1.54) is 17.7 Å².